The Morgan fingerprint density at radius 1 is 1.16 bits per heavy atom. The molecule has 1 aromatic rings. The van der Waals surface area contributed by atoms with Crippen molar-refractivity contribution in [3.8, 4) is 0 Å². The molecule has 0 atom stereocenters. The van der Waals surface area contributed by atoms with Crippen molar-refractivity contribution in [2.75, 3.05) is 12.3 Å². The predicted molar refractivity (Wildman–Crippen MR) is 69.6 cm³/mol. The smallest absolute Gasteiger partial charge is 0.389 e. The van der Waals surface area contributed by atoms with Gasteiger partial charge in [-0.25, -0.2) is 0 Å². The summed E-state index contributed by atoms with van der Waals surface area (Å²) in [7, 11) is 0. The Balaban J connectivity index is 1.84. The maximum Gasteiger partial charge on any atom is 0.389 e. The summed E-state index contributed by atoms with van der Waals surface area (Å²) in [5, 5.41) is 0. The van der Waals surface area contributed by atoms with Gasteiger partial charge in [0.2, 0.25) is 0 Å². The fourth-order valence-corrected chi connectivity index (χ4v) is 2.17. The zero-order chi connectivity index (χ0) is 13.9. The average molecular weight is 272 g/mol. The quantitative estimate of drug-likeness (QED) is 0.802. The number of alkyl halides is 3. The molecule has 2 N–H and O–H groups in total. The normalized spacial score (nSPS) is 16.0. The lowest BCUT2D eigenvalue weighted by Gasteiger charge is -2.22. The van der Waals surface area contributed by atoms with Crippen LogP contribution in [0, 0.1) is 0 Å². The van der Waals surface area contributed by atoms with Gasteiger partial charge in [-0.3, -0.25) is 4.90 Å². The highest BCUT2D eigenvalue weighted by Crippen LogP contribution is 2.30. The van der Waals surface area contributed by atoms with Gasteiger partial charge in [-0.15, -0.1) is 0 Å². The summed E-state index contributed by atoms with van der Waals surface area (Å²) in [5.74, 6) is 0. The van der Waals surface area contributed by atoms with Crippen molar-refractivity contribution in [2.24, 2.45) is 0 Å². The Kier molecular flexibility index (Phi) is 4.34. The molecule has 0 saturated heterocycles. The number of halogens is 3. The Morgan fingerprint density at radius 2 is 1.79 bits per heavy atom. The van der Waals surface area contributed by atoms with E-state index in [2.05, 4.69) is 4.90 Å². The number of nitrogens with zero attached hydrogens (tertiary/aromatic N) is 1. The molecule has 19 heavy (non-hydrogen) atoms. The summed E-state index contributed by atoms with van der Waals surface area (Å²) in [6.45, 7) is 1.22. The van der Waals surface area contributed by atoms with Crippen LogP contribution in [0.4, 0.5) is 18.9 Å². The van der Waals surface area contributed by atoms with Gasteiger partial charge < -0.3 is 5.73 Å². The van der Waals surface area contributed by atoms with E-state index in [0.29, 0.717) is 24.8 Å². The number of hydrogen-bond acceptors (Lipinski definition) is 2. The Hall–Kier alpha value is -1.23. The van der Waals surface area contributed by atoms with Gasteiger partial charge >= 0.3 is 6.18 Å². The number of benzene rings is 1. The highest BCUT2D eigenvalue weighted by molar-refractivity contribution is 5.39. The van der Waals surface area contributed by atoms with Crippen LogP contribution in [-0.2, 0) is 6.54 Å². The van der Waals surface area contributed by atoms with Crippen LogP contribution >= 0.6 is 0 Å². The zero-order valence-corrected chi connectivity index (χ0v) is 10.8. The average Bonchev–Trinajstić information content (AvgIpc) is 3.13. The van der Waals surface area contributed by atoms with E-state index in [9.17, 15) is 13.2 Å². The second kappa shape index (κ2) is 5.82. The molecule has 0 spiro atoms. The standard InChI is InChI=1S/C14H19F3N2/c15-14(16,17)8-1-9-19(13-6-7-13)10-11-2-4-12(18)5-3-11/h2-5,13H,1,6-10,18H2. The van der Waals surface area contributed by atoms with E-state index in [0.717, 1.165) is 18.4 Å². The molecule has 0 amide bonds. The van der Waals surface area contributed by atoms with Crippen molar-refractivity contribution >= 4 is 5.69 Å². The van der Waals surface area contributed by atoms with E-state index >= 15 is 0 Å². The molecule has 0 radical (unpaired) electrons. The van der Waals surface area contributed by atoms with E-state index in [-0.39, 0.29) is 6.42 Å². The third-order valence-corrected chi connectivity index (χ3v) is 3.33. The molecule has 0 heterocycles. The van der Waals surface area contributed by atoms with Crippen molar-refractivity contribution in [1.82, 2.24) is 4.90 Å². The second-order valence-corrected chi connectivity index (χ2v) is 5.16. The number of nitrogen functional groups attached to an aromatic ring is 1. The molecule has 106 valence electrons. The Morgan fingerprint density at radius 3 is 2.32 bits per heavy atom. The molecule has 2 rings (SSSR count). The van der Waals surface area contributed by atoms with E-state index in [4.69, 9.17) is 5.73 Å². The summed E-state index contributed by atoms with van der Waals surface area (Å²) in [6.07, 6.45) is -2.37. The topological polar surface area (TPSA) is 29.3 Å². The number of anilines is 1. The van der Waals surface area contributed by atoms with Crippen molar-refractivity contribution in [1.29, 1.82) is 0 Å². The molecular weight excluding hydrogens is 253 g/mol. The van der Waals surface area contributed by atoms with Crippen molar-refractivity contribution in [3.63, 3.8) is 0 Å². The van der Waals surface area contributed by atoms with Crippen LogP contribution in [0.2, 0.25) is 0 Å². The zero-order valence-electron chi connectivity index (χ0n) is 10.8. The van der Waals surface area contributed by atoms with Gasteiger partial charge in [0, 0.05) is 24.7 Å². The molecule has 0 aliphatic heterocycles. The van der Waals surface area contributed by atoms with Gasteiger partial charge in [-0.05, 0) is 43.5 Å². The molecule has 1 aliphatic carbocycles. The molecule has 2 nitrogen and oxygen atoms in total. The molecule has 0 aromatic heterocycles. The molecule has 1 fully saturated rings. The second-order valence-electron chi connectivity index (χ2n) is 5.16. The summed E-state index contributed by atoms with van der Waals surface area (Å²) in [4.78, 5) is 2.15. The maximum absolute atomic E-state index is 12.2. The van der Waals surface area contributed by atoms with Gasteiger partial charge in [0.1, 0.15) is 0 Å². The molecule has 5 heteroatoms. The Bertz CT molecular complexity index is 396. The van der Waals surface area contributed by atoms with Crippen molar-refractivity contribution in [3.05, 3.63) is 29.8 Å². The van der Waals surface area contributed by atoms with Crippen LogP contribution in [0.3, 0.4) is 0 Å². The van der Waals surface area contributed by atoms with Gasteiger partial charge in [-0.1, -0.05) is 12.1 Å². The highest BCUT2D eigenvalue weighted by atomic mass is 19.4. The monoisotopic (exact) mass is 272 g/mol. The minimum absolute atomic E-state index is 0.176. The minimum Gasteiger partial charge on any atom is -0.399 e. The summed E-state index contributed by atoms with van der Waals surface area (Å²) in [6, 6.07) is 8.00. The fraction of sp³-hybridized carbons (Fsp3) is 0.571. The largest absolute Gasteiger partial charge is 0.399 e. The van der Waals surface area contributed by atoms with Gasteiger partial charge in [-0.2, -0.15) is 13.2 Å². The summed E-state index contributed by atoms with van der Waals surface area (Å²) < 4.78 is 36.5. The molecule has 0 bridgehead atoms. The third-order valence-electron chi connectivity index (χ3n) is 3.33. The fourth-order valence-electron chi connectivity index (χ4n) is 2.17. The van der Waals surface area contributed by atoms with Crippen LogP contribution in [-0.4, -0.2) is 23.7 Å². The van der Waals surface area contributed by atoms with Crippen LogP contribution < -0.4 is 5.73 Å². The van der Waals surface area contributed by atoms with Gasteiger partial charge in [0.05, 0.1) is 0 Å². The van der Waals surface area contributed by atoms with Gasteiger partial charge in [0.15, 0.2) is 0 Å². The van der Waals surface area contributed by atoms with E-state index in [1.54, 1.807) is 0 Å². The first-order chi connectivity index (χ1) is 8.94. The van der Waals surface area contributed by atoms with Crippen LogP contribution in [0.15, 0.2) is 24.3 Å². The van der Waals surface area contributed by atoms with E-state index < -0.39 is 12.6 Å². The molecule has 0 unspecified atom stereocenters. The van der Waals surface area contributed by atoms with Gasteiger partial charge in [0.25, 0.3) is 0 Å². The lowest BCUT2D eigenvalue weighted by molar-refractivity contribution is -0.136. The predicted octanol–water partition coefficient (Wildman–Crippen LogP) is 3.58. The van der Waals surface area contributed by atoms with Crippen LogP contribution in [0.25, 0.3) is 0 Å². The lowest BCUT2D eigenvalue weighted by Crippen LogP contribution is -2.27. The van der Waals surface area contributed by atoms with E-state index in [1.165, 1.54) is 0 Å². The molecule has 1 aliphatic rings. The molecule has 1 aromatic carbocycles. The third kappa shape index (κ3) is 5.11. The van der Waals surface area contributed by atoms with Crippen molar-refractivity contribution in [2.45, 2.75) is 44.4 Å². The number of rotatable bonds is 6. The molecule has 1 saturated carbocycles. The maximum atomic E-state index is 12.2. The van der Waals surface area contributed by atoms with Crippen molar-refractivity contribution < 1.29 is 13.2 Å². The first kappa shape index (κ1) is 14.2. The number of hydrogen-bond donors (Lipinski definition) is 1. The summed E-state index contributed by atoms with van der Waals surface area (Å²) >= 11 is 0. The van der Waals surface area contributed by atoms with E-state index in [1.807, 2.05) is 24.3 Å². The van der Waals surface area contributed by atoms with Crippen LogP contribution in [0.5, 0.6) is 0 Å². The number of nitrogens with two attached hydrogens (primary N) is 1. The minimum atomic E-state index is -4.05. The first-order valence-electron chi connectivity index (χ1n) is 6.59. The first-order valence-corrected chi connectivity index (χ1v) is 6.59. The lowest BCUT2D eigenvalue weighted by atomic mass is 10.2. The van der Waals surface area contributed by atoms with Crippen LogP contribution in [0.1, 0.15) is 31.2 Å². The Labute approximate surface area is 111 Å². The highest BCUT2D eigenvalue weighted by Gasteiger charge is 2.31. The summed E-state index contributed by atoms with van der Waals surface area (Å²) in [5.41, 5.74) is 7.43. The SMILES string of the molecule is Nc1ccc(CN(CCCC(F)(F)F)C2CC2)cc1. The molecular formula is C14H19F3N2.